The van der Waals surface area contributed by atoms with E-state index >= 15 is 0 Å². The largest absolute Gasteiger partial charge is 0.454 e. The summed E-state index contributed by atoms with van der Waals surface area (Å²) in [6.07, 6.45) is 0.690. The Balaban J connectivity index is 1.70. The van der Waals surface area contributed by atoms with Crippen molar-refractivity contribution in [1.29, 1.82) is 0 Å². The van der Waals surface area contributed by atoms with Crippen LogP contribution in [-0.4, -0.2) is 29.6 Å². The van der Waals surface area contributed by atoms with E-state index in [1.807, 2.05) is 39.0 Å². The van der Waals surface area contributed by atoms with Gasteiger partial charge in [0.05, 0.1) is 5.69 Å². The summed E-state index contributed by atoms with van der Waals surface area (Å²) in [6, 6.07) is 5.27. The molecule has 3 rings (SSSR count). The van der Waals surface area contributed by atoms with Gasteiger partial charge in [0.1, 0.15) is 6.04 Å². The third kappa shape index (κ3) is 4.57. The van der Waals surface area contributed by atoms with Crippen molar-refractivity contribution in [3.05, 3.63) is 34.3 Å². The highest BCUT2D eigenvalue weighted by molar-refractivity contribution is 7.15. The van der Waals surface area contributed by atoms with Crippen LogP contribution in [0.3, 0.4) is 0 Å². The van der Waals surface area contributed by atoms with Crippen molar-refractivity contribution in [1.82, 2.24) is 10.3 Å². The van der Waals surface area contributed by atoms with Crippen molar-refractivity contribution in [2.24, 2.45) is 5.92 Å². The number of carbonyl (C=O) groups excluding carboxylic acids is 2. The summed E-state index contributed by atoms with van der Waals surface area (Å²) < 4.78 is 10.8. The van der Waals surface area contributed by atoms with Gasteiger partial charge in [-0.2, -0.15) is 0 Å². The molecule has 7 nitrogen and oxygen atoms in total. The first-order chi connectivity index (χ1) is 12.8. The molecule has 2 N–H and O–H groups in total. The average molecular weight is 389 g/mol. The van der Waals surface area contributed by atoms with Gasteiger partial charge in [-0.3, -0.25) is 9.59 Å². The average Bonchev–Trinajstić information content (AvgIpc) is 3.18. The molecule has 0 saturated heterocycles. The first-order valence-electron chi connectivity index (χ1n) is 8.76. The zero-order chi connectivity index (χ0) is 19.6. The van der Waals surface area contributed by atoms with Gasteiger partial charge in [-0.1, -0.05) is 19.9 Å². The van der Waals surface area contributed by atoms with Crippen molar-refractivity contribution >= 4 is 28.3 Å². The van der Waals surface area contributed by atoms with Gasteiger partial charge in [0.25, 0.3) is 0 Å². The number of carbonyl (C=O) groups is 2. The number of amides is 2. The molecule has 1 aliphatic heterocycles. The van der Waals surface area contributed by atoms with Crippen LogP contribution in [0.2, 0.25) is 0 Å². The Labute approximate surface area is 162 Å². The summed E-state index contributed by atoms with van der Waals surface area (Å²) in [5.74, 6) is 0.984. The minimum atomic E-state index is -0.594. The van der Waals surface area contributed by atoms with Crippen molar-refractivity contribution in [3.8, 4) is 11.5 Å². The number of hydrogen-bond acceptors (Lipinski definition) is 6. The van der Waals surface area contributed by atoms with E-state index in [9.17, 15) is 9.59 Å². The van der Waals surface area contributed by atoms with Gasteiger partial charge in [0.15, 0.2) is 16.6 Å². The summed E-state index contributed by atoms with van der Waals surface area (Å²) in [6.45, 7) is 7.35. The molecular weight excluding hydrogens is 366 g/mol. The van der Waals surface area contributed by atoms with Crippen LogP contribution in [0.15, 0.2) is 18.2 Å². The number of fused-ring (bicyclic) bond motifs is 1. The van der Waals surface area contributed by atoms with Gasteiger partial charge in [0, 0.05) is 18.2 Å². The monoisotopic (exact) mass is 389 g/mol. The summed E-state index contributed by atoms with van der Waals surface area (Å²) in [7, 11) is 0. The lowest BCUT2D eigenvalue weighted by Crippen LogP contribution is -2.46. The van der Waals surface area contributed by atoms with Crippen LogP contribution in [0.1, 0.15) is 36.9 Å². The molecule has 2 heterocycles. The molecule has 27 heavy (non-hydrogen) atoms. The maximum atomic E-state index is 12.5. The molecule has 0 aliphatic carbocycles. The molecule has 0 saturated carbocycles. The van der Waals surface area contributed by atoms with E-state index in [2.05, 4.69) is 15.6 Å². The summed E-state index contributed by atoms with van der Waals surface area (Å²) in [4.78, 5) is 29.4. The van der Waals surface area contributed by atoms with E-state index in [1.165, 1.54) is 18.3 Å². The number of rotatable bonds is 6. The van der Waals surface area contributed by atoms with Crippen molar-refractivity contribution in [3.63, 3.8) is 0 Å². The molecule has 0 unspecified atom stereocenters. The Hall–Kier alpha value is -2.61. The predicted octanol–water partition coefficient (Wildman–Crippen LogP) is 2.87. The second-order valence-electron chi connectivity index (χ2n) is 6.80. The minimum absolute atomic E-state index is 0.0249. The fourth-order valence-corrected chi connectivity index (χ4v) is 3.82. The number of ether oxygens (including phenoxy) is 2. The molecule has 0 fully saturated rings. The molecule has 0 radical (unpaired) electrons. The van der Waals surface area contributed by atoms with Crippen LogP contribution in [0.25, 0.3) is 0 Å². The third-order valence-corrected chi connectivity index (χ3v) is 5.31. The quantitative estimate of drug-likeness (QED) is 0.793. The highest BCUT2D eigenvalue weighted by Gasteiger charge is 2.24. The van der Waals surface area contributed by atoms with Gasteiger partial charge in [0.2, 0.25) is 18.6 Å². The molecule has 8 heteroatoms. The highest BCUT2D eigenvalue weighted by Crippen LogP contribution is 2.34. The normalized spacial score (nSPS) is 13.5. The molecular formula is C19H23N3O4S. The maximum Gasteiger partial charge on any atom is 0.248 e. The fourth-order valence-electron chi connectivity index (χ4n) is 2.82. The summed E-state index contributed by atoms with van der Waals surface area (Å²) in [5, 5.41) is 6.04. The molecule has 1 atom stereocenters. The number of nitrogens with one attached hydrogen (secondary N) is 2. The number of nitrogens with zero attached hydrogens (tertiary/aromatic N) is 1. The second kappa shape index (κ2) is 7.96. The van der Waals surface area contributed by atoms with Gasteiger partial charge < -0.3 is 20.1 Å². The number of anilines is 1. The SMILES string of the molecule is CC(=O)N[C@@H](C(=O)Nc1nc(C)c(Cc2ccc3c(c2)OCO3)s1)C(C)C. The number of aryl methyl sites for hydroxylation is 1. The van der Waals surface area contributed by atoms with Crippen LogP contribution < -0.4 is 20.1 Å². The van der Waals surface area contributed by atoms with Crippen LogP contribution >= 0.6 is 11.3 Å². The van der Waals surface area contributed by atoms with E-state index in [0.717, 1.165) is 27.6 Å². The zero-order valence-electron chi connectivity index (χ0n) is 15.8. The Morgan fingerprint density at radius 2 is 2.00 bits per heavy atom. The smallest absolute Gasteiger partial charge is 0.248 e. The number of hydrogen-bond donors (Lipinski definition) is 2. The zero-order valence-corrected chi connectivity index (χ0v) is 16.6. The van der Waals surface area contributed by atoms with Crippen molar-refractivity contribution < 1.29 is 19.1 Å². The highest BCUT2D eigenvalue weighted by atomic mass is 32.1. The molecule has 144 valence electrons. The van der Waals surface area contributed by atoms with Gasteiger partial charge in [-0.15, -0.1) is 11.3 Å². The fraction of sp³-hybridized carbons (Fsp3) is 0.421. The van der Waals surface area contributed by atoms with Gasteiger partial charge in [-0.05, 0) is 30.5 Å². The van der Waals surface area contributed by atoms with Crippen molar-refractivity contribution in [2.75, 3.05) is 12.1 Å². The molecule has 1 aliphatic rings. The first-order valence-corrected chi connectivity index (χ1v) is 9.58. The lowest BCUT2D eigenvalue weighted by Gasteiger charge is -2.20. The summed E-state index contributed by atoms with van der Waals surface area (Å²) in [5.41, 5.74) is 1.95. The Kier molecular flexibility index (Phi) is 5.65. The third-order valence-electron chi connectivity index (χ3n) is 4.23. The van der Waals surface area contributed by atoms with E-state index in [4.69, 9.17) is 9.47 Å². The first kappa shape index (κ1) is 19.2. The minimum Gasteiger partial charge on any atom is -0.454 e. The van der Waals surface area contributed by atoms with Crippen LogP contribution in [0.5, 0.6) is 11.5 Å². The van der Waals surface area contributed by atoms with Crippen molar-refractivity contribution in [2.45, 2.75) is 40.2 Å². The molecule has 2 aromatic rings. The van der Waals surface area contributed by atoms with Crippen LogP contribution in [0.4, 0.5) is 5.13 Å². The molecule has 1 aromatic carbocycles. The number of aromatic nitrogens is 1. The molecule has 1 aromatic heterocycles. The number of benzene rings is 1. The van der Waals surface area contributed by atoms with Crippen LogP contribution in [-0.2, 0) is 16.0 Å². The van der Waals surface area contributed by atoms with Crippen LogP contribution in [0, 0.1) is 12.8 Å². The van der Waals surface area contributed by atoms with E-state index in [0.29, 0.717) is 11.6 Å². The maximum absolute atomic E-state index is 12.5. The standard InChI is InChI=1S/C19H23N3O4S/c1-10(2)17(21-12(4)23)18(24)22-19-20-11(3)16(27-19)8-13-5-6-14-15(7-13)26-9-25-14/h5-7,10,17H,8-9H2,1-4H3,(H,21,23)(H,20,22,24)/t17-/m1/s1. The lowest BCUT2D eigenvalue weighted by molar-refractivity contribution is -0.126. The topological polar surface area (TPSA) is 89.6 Å². The number of thiazole rings is 1. The second-order valence-corrected chi connectivity index (χ2v) is 7.89. The van der Waals surface area contributed by atoms with E-state index in [-0.39, 0.29) is 24.5 Å². The molecule has 0 spiro atoms. The Bertz CT molecular complexity index is 863. The van der Waals surface area contributed by atoms with E-state index in [1.54, 1.807) is 0 Å². The van der Waals surface area contributed by atoms with Gasteiger partial charge >= 0.3 is 0 Å². The van der Waals surface area contributed by atoms with E-state index < -0.39 is 6.04 Å². The summed E-state index contributed by atoms with van der Waals surface area (Å²) >= 11 is 1.44. The molecule has 0 bridgehead atoms. The predicted molar refractivity (Wildman–Crippen MR) is 103 cm³/mol. The molecule has 2 amide bonds. The Morgan fingerprint density at radius 1 is 1.26 bits per heavy atom. The lowest BCUT2D eigenvalue weighted by atomic mass is 10.0. The van der Waals surface area contributed by atoms with Gasteiger partial charge in [-0.25, -0.2) is 4.98 Å². The Morgan fingerprint density at radius 3 is 2.70 bits per heavy atom.